The predicted molar refractivity (Wildman–Crippen MR) is 81.4 cm³/mol. The number of ether oxygens (including phenoxy) is 2. The van der Waals surface area contributed by atoms with Crippen molar-refractivity contribution in [2.75, 3.05) is 12.8 Å². The fraction of sp³-hybridized carbons (Fsp3) is 0.0714. The normalized spacial score (nSPS) is 10.2. The van der Waals surface area contributed by atoms with E-state index in [0.717, 1.165) is 4.47 Å². The number of benzene rings is 2. The highest BCUT2D eigenvalue weighted by Gasteiger charge is 2.14. The van der Waals surface area contributed by atoms with Gasteiger partial charge < -0.3 is 15.2 Å². The van der Waals surface area contributed by atoms with E-state index in [1.165, 1.54) is 7.11 Å². The van der Waals surface area contributed by atoms with Gasteiger partial charge in [0, 0.05) is 4.47 Å². The lowest BCUT2D eigenvalue weighted by Gasteiger charge is -2.12. The highest BCUT2D eigenvalue weighted by Crippen LogP contribution is 2.35. The summed E-state index contributed by atoms with van der Waals surface area (Å²) in [6.45, 7) is 0. The van der Waals surface area contributed by atoms with Crippen molar-refractivity contribution in [3.63, 3.8) is 0 Å². The third-order valence-electron chi connectivity index (χ3n) is 2.59. The SMILES string of the molecule is COC(=O)c1cccc(Oc2ccc(Br)cc2Cl)c1N. The van der Waals surface area contributed by atoms with E-state index in [1.807, 2.05) is 0 Å². The smallest absolute Gasteiger partial charge is 0.340 e. The summed E-state index contributed by atoms with van der Waals surface area (Å²) in [4.78, 5) is 11.6. The van der Waals surface area contributed by atoms with Crippen molar-refractivity contribution in [3.8, 4) is 11.5 Å². The van der Waals surface area contributed by atoms with Gasteiger partial charge in [-0.1, -0.05) is 33.6 Å². The minimum atomic E-state index is -0.519. The molecule has 104 valence electrons. The van der Waals surface area contributed by atoms with Gasteiger partial charge in [0.05, 0.1) is 23.4 Å². The topological polar surface area (TPSA) is 61.5 Å². The van der Waals surface area contributed by atoms with Gasteiger partial charge in [-0.3, -0.25) is 0 Å². The number of methoxy groups -OCH3 is 1. The highest BCUT2D eigenvalue weighted by atomic mass is 79.9. The molecule has 0 radical (unpaired) electrons. The lowest BCUT2D eigenvalue weighted by atomic mass is 10.1. The molecule has 0 unspecified atom stereocenters. The molecular formula is C14H11BrClNO3. The van der Waals surface area contributed by atoms with Crippen molar-refractivity contribution in [1.82, 2.24) is 0 Å². The Morgan fingerprint density at radius 2 is 2.00 bits per heavy atom. The molecule has 2 rings (SSSR count). The van der Waals surface area contributed by atoms with Crippen LogP contribution >= 0.6 is 27.5 Å². The van der Waals surface area contributed by atoms with Gasteiger partial charge in [0.25, 0.3) is 0 Å². The lowest BCUT2D eigenvalue weighted by Crippen LogP contribution is -2.06. The second-order valence-electron chi connectivity index (χ2n) is 3.89. The van der Waals surface area contributed by atoms with Crippen LogP contribution in [0, 0.1) is 0 Å². The molecule has 0 aliphatic heterocycles. The standard InChI is InChI=1S/C14H11BrClNO3/c1-19-14(18)9-3-2-4-12(13(9)17)20-11-6-5-8(15)7-10(11)16/h2-7H,17H2,1H3. The summed E-state index contributed by atoms with van der Waals surface area (Å²) in [6, 6.07) is 10.1. The molecule has 20 heavy (non-hydrogen) atoms. The van der Waals surface area contributed by atoms with Gasteiger partial charge in [0.1, 0.15) is 5.75 Å². The summed E-state index contributed by atoms with van der Waals surface area (Å²) in [5.41, 5.74) is 6.36. The second kappa shape index (κ2) is 6.15. The number of carbonyl (C=O) groups is 1. The van der Waals surface area contributed by atoms with Gasteiger partial charge in [-0.15, -0.1) is 0 Å². The molecule has 0 aliphatic carbocycles. The first-order valence-corrected chi connectivity index (χ1v) is 6.79. The van der Waals surface area contributed by atoms with Crippen molar-refractivity contribution in [3.05, 3.63) is 51.5 Å². The van der Waals surface area contributed by atoms with E-state index in [0.29, 0.717) is 16.5 Å². The quantitative estimate of drug-likeness (QED) is 0.659. The van der Waals surface area contributed by atoms with Crippen molar-refractivity contribution < 1.29 is 14.3 Å². The van der Waals surface area contributed by atoms with Crippen LogP contribution in [0.1, 0.15) is 10.4 Å². The average Bonchev–Trinajstić information content (AvgIpc) is 2.43. The van der Waals surface area contributed by atoms with Crippen molar-refractivity contribution in [2.24, 2.45) is 0 Å². The first kappa shape index (κ1) is 14.7. The number of esters is 1. The molecule has 0 aromatic heterocycles. The summed E-state index contributed by atoms with van der Waals surface area (Å²) >= 11 is 9.38. The van der Waals surface area contributed by atoms with Crippen LogP contribution in [-0.4, -0.2) is 13.1 Å². The first-order valence-electron chi connectivity index (χ1n) is 5.62. The van der Waals surface area contributed by atoms with E-state index in [9.17, 15) is 4.79 Å². The molecule has 0 bridgehead atoms. The number of halogens is 2. The zero-order chi connectivity index (χ0) is 14.7. The van der Waals surface area contributed by atoms with Gasteiger partial charge in [0.15, 0.2) is 5.75 Å². The molecule has 0 saturated heterocycles. The predicted octanol–water partition coefficient (Wildman–Crippen LogP) is 4.26. The molecule has 0 heterocycles. The van der Waals surface area contributed by atoms with Crippen LogP contribution in [0.2, 0.25) is 5.02 Å². The third kappa shape index (κ3) is 3.05. The summed E-state index contributed by atoms with van der Waals surface area (Å²) in [5.74, 6) is 0.274. The number of hydrogen-bond acceptors (Lipinski definition) is 4. The highest BCUT2D eigenvalue weighted by molar-refractivity contribution is 9.10. The average molecular weight is 357 g/mol. The maximum Gasteiger partial charge on any atom is 0.340 e. The van der Waals surface area contributed by atoms with Crippen LogP contribution in [-0.2, 0) is 4.74 Å². The molecular weight excluding hydrogens is 346 g/mol. The Labute approximate surface area is 129 Å². The molecule has 2 aromatic rings. The molecule has 0 aliphatic rings. The maximum atomic E-state index is 11.6. The van der Waals surface area contributed by atoms with Gasteiger partial charge >= 0.3 is 5.97 Å². The summed E-state index contributed by atoms with van der Waals surface area (Å²) in [7, 11) is 1.29. The Hall–Kier alpha value is -1.72. The molecule has 0 saturated carbocycles. The minimum absolute atomic E-state index is 0.207. The van der Waals surface area contributed by atoms with Crippen molar-refractivity contribution in [1.29, 1.82) is 0 Å². The van der Waals surface area contributed by atoms with Crippen molar-refractivity contribution >= 4 is 39.2 Å². The number of nitrogens with two attached hydrogens (primary N) is 1. The molecule has 2 aromatic carbocycles. The largest absolute Gasteiger partial charge is 0.465 e. The molecule has 6 heteroatoms. The van der Waals surface area contributed by atoms with Crippen LogP contribution in [0.5, 0.6) is 11.5 Å². The molecule has 0 atom stereocenters. The van der Waals surface area contributed by atoms with Crippen LogP contribution < -0.4 is 10.5 Å². The zero-order valence-corrected chi connectivity index (χ0v) is 12.9. The van der Waals surface area contributed by atoms with Gasteiger partial charge in [-0.25, -0.2) is 4.79 Å². The van der Waals surface area contributed by atoms with E-state index >= 15 is 0 Å². The van der Waals surface area contributed by atoms with E-state index < -0.39 is 5.97 Å². The fourth-order valence-electron chi connectivity index (χ4n) is 1.60. The number of carbonyl (C=O) groups excluding carboxylic acids is 1. The molecule has 0 spiro atoms. The van der Waals surface area contributed by atoms with Crippen LogP contribution in [0.25, 0.3) is 0 Å². The first-order chi connectivity index (χ1) is 9.52. The number of rotatable bonds is 3. The van der Waals surface area contributed by atoms with Gasteiger partial charge in [0.2, 0.25) is 0 Å². The molecule has 4 nitrogen and oxygen atoms in total. The molecule has 0 amide bonds. The minimum Gasteiger partial charge on any atom is -0.465 e. The lowest BCUT2D eigenvalue weighted by molar-refractivity contribution is 0.0601. The summed E-state index contributed by atoms with van der Waals surface area (Å²) in [6.07, 6.45) is 0. The number of nitrogen functional groups attached to an aromatic ring is 1. The fourth-order valence-corrected chi connectivity index (χ4v) is 2.31. The van der Waals surface area contributed by atoms with Gasteiger partial charge in [-0.2, -0.15) is 0 Å². The van der Waals surface area contributed by atoms with E-state index in [1.54, 1.807) is 36.4 Å². The van der Waals surface area contributed by atoms with Crippen LogP contribution in [0.15, 0.2) is 40.9 Å². The van der Waals surface area contributed by atoms with E-state index in [-0.39, 0.29) is 11.3 Å². The van der Waals surface area contributed by atoms with Crippen LogP contribution in [0.3, 0.4) is 0 Å². The number of hydrogen-bond donors (Lipinski definition) is 1. The third-order valence-corrected chi connectivity index (χ3v) is 3.37. The van der Waals surface area contributed by atoms with Gasteiger partial charge in [-0.05, 0) is 30.3 Å². The second-order valence-corrected chi connectivity index (χ2v) is 5.21. The Morgan fingerprint density at radius 1 is 1.25 bits per heavy atom. The Morgan fingerprint density at radius 3 is 2.65 bits per heavy atom. The monoisotopic (exact) mass is 355 g/mol. The maximum absolute atomic E-state index is 11.6. The van der Waals surface area contributed by atoms with E-state index in [4.69, 9.17) is 22.1 Å². The Balaban J connectivity index is 2.37. The number of anilines is 1. The van der Waals surface area contributed by atoms with Crippen molar-refractivity contribution in [2.45, 2.75) is 0 Å². The molecule has 2 N–H and O–H groups in total. The summed E-state index contributed by atoms with van der Waals surface area (Å²) < 4.78 is 11.1. The summed E-state index contributed by atoms with van der Waals surface area (Å²) in [5, 5.41) is 0.433. The zero-order valence-electron chi connectivity index (χ0n) is 10.5. The Kier molecular flexibility index (Phi) is 4.52. The number of para-hydroxylation sites is 1. The molecule has 0 fully saturated rings. The van der Waals surface area contributed by atoms with E-state index in [2.05, 4.69) is 20.7 Å². The van der Waals surface area contributed by atoms with Crippen LogP contribution in [0.4, 0.5) is 5.69 Å². The Bertz CT molecular complexity index is 661.